The Labute approximate surface area is 98.1 Å². The van der Waals surface area contributed by atoms with Gasteiger partial charge in [0.05, 0.1) is 0 Å². The highest BCUT2D eigenvalue weighted by atomic mass is 19.1. The summed E-state index contributed by atoms with van der Waals surface area (Å²) in [5.74, 6) is 0.427. The molecule has 0 aliphatic rings. The number of rotatable bonds is 6. The van der Waals surface area contributed by atoms with Crippen molar-refractivity contribution in [3.05, 3.63) is 35.6 Å². The lowest BCUT2D eigenvalue weighted by molar-refractivity contribution is 0.421. The van der Waals surface area contributed by atoms with Gasteiger partial charge in [-0.05, 0) is 43.9 Å². The van der Waals surface area contributed by atoms with Gasteiger partial charge in [0.25, 0.3) is 0 Å². The molecule has 1 rings (SSSR count). The third-order valence-corrected chi connectivity index (χ3v) is 2.83. The molecular formula is C14H22FN. The fourth-order valence-corrected chi connectivity index (χ4v) is 2.16. The van der Waals surface area contributed by atoms with Crippen molar-refractivity contribution in [1.29, 1.82) is 0 Å². The van der Waals surface area contributed by atoms with Gasteiger partial charge in [0.2, 0.25) is 0 Å². The highest BCUT2D eigenvalue weighted by molar-refractivity contribution is 5.17. The Morgan fingerprint density at radius 1 is 1.25 bits per heavy atom. The van der Waals surface area contributed by atoms with E-state index in [1.807, 2.05) is 12.1 Å². The molecule has 16 heavy (non-hydrogen) atoms. The predicted molar refractivity (Wildman–Crippen MR) is 67.0 cm³/mol. The maximum atomic E-state index is 13.4. The Morgan fingerprint density at radius 3 is 2.56 bits per heavy atom. The van der Waals surface area contributed by atoms with Gasteiger partial charge in [-0.15, -0.1) is 0 Å². The fourth-order valence-electron chi connectivity index (χ4n) is 2.16. The molecule has 1 N–H and O–H groups in total. The molecular weight excluding hydrogens is 201 g/mol. The van der Waals surface area contributed by atoms with E-state index in [1.54, 1.807) is 6.07 Å². The summed E-state index contributed by atoms with van der Waals surface area (Å²) >= 11 is 0. The first-order valence-corrected chi connectivity index (χ1v) is 6.10. The van der Waals surface area contributed by atoms with Gasteiger partial charge in [-0.3, -0.25) is 0 Å². The van der Waals surface area contributed by atoms with E-state index >= 15 is 0 Å². The molecule has 0 spiro atoms. The van der Waals surface area contributed by atoms with E-state index in [-0.39, 0.29) is 5.82 Å². The Hall–Kier alpha value is -0.890. The Morgan fingerprint density at radius 2 is 1.94 bits per heavy atom. The average molecular weight is 223 g/mol. The molecule has 0 heterocycles. The van der Waals surface area contributed by atoms with E-state index < -0.39 is 0 Å². The van der Waals surface area contributed by atoms with Gasteiger partial charge in [-0.25, -0.2) is 4.39 Å². The van der Waals surface area contributed by atoms with Gasteiger partial charge in [-0.1, -0.05) is 32.0 Å². The van der Waals surface area contributed by atoms with Crippen LogP contribution in [0.15, 0.2) is 24.3 Å². The van der Waals surface area contributed by atoms with Crippen molar-refractivity contribution >= 4 is 0 Å². The second kappa shape index (κ2) is 6.64. The lowest BCUT2D eigenvalue weighted by Crippen LogP contribution is -2.27. The van der Waals surface area contributed by atoms with Crippen LogP contribution in [0.1, 0.15) is 32.8 Å². The highest BCUT2D eigenvalue weighted by Gasteiger charge is 2.10. The van der Waals surface area contributed by atoms with E-state index in [0.29, 0.717) is 12.0 Å². The first kappa shape index (κ1) is 13.2. The minimum absolute atomic E-state index is 0.0783. The lowest BCUT2D eigenvalue weighted by atomic mass is 9.95. The Balaban J connectivity index is 2.45. The van der Waals surface area contributed by atoms with Crippen LogP contribution in [-0.2, 0) is 6.42 Å². The van der Waals surface area contributed by atoms with Crippen LogP contribution in [0.4, 0.5) is 4.39 Å². The fraction of sp³-hybridized carbons (Fsp3) is 0.571. The molecule has 2 atom stereocenters. The van der Waals surface area contributed by atoms with Gasteiger partial charge < -0.3 is 5.32 Å². The van der Waals surface area contributed by atoms with Crippen molar-refractivity contribution in [1.82, 2.24) is 5.32 Å². The first-order chi connectivity index (χ1) is 7.63. The summed E-state index contributed by atoms with van der Waals surface area (Å²) < 4.78 is 13.4. The van der Waals surface area contributed by atoms with Crippen molar-refractivity contribution in [3.63, 3.8) is 0 Å². The Bertz CT molecular complexity index is 311. The summed E-state index contributed by atoms with van der Waals surface area (Å²) in [5, 5.41) is 3.38. The van der Waals surface area contributed by atoms with Crippen LogP contribution >= 0.6 is 0 Å². The number of benzene rings is 1. The van der Waals surface area contributed by atoms with Gasteiger partial charge >= 0.3 is 0 Å². The Kier molecular flexibility index (Phi) is 5.47. The zero-order valence-corrected chi connectivity index (χ0v) is 10.5. The van der Waals surface area contributed by atoms with Crippen LogP contribution in [0, 0.1) is 11.7 Å². The molecule has 1 aromatic rings. The molecule has 0 saturated carbocycles. The van der Waals surface area contributed by atoms with E-state index in [0.717, 1.165) is 24.9 Å². The van der Waals surface area contributed by atoms with Crippen molar-refractivity contribution in [2.75, 3.05) is 6.54 Å². The largest absolute Gasteiger partial charge is 0.315 e. The van der Waals surface area contributed by atoms with Crippen LogP contribution in [-0.4, -0.2) is 12.6 Å². The molecule has 0 amide bonds. The third kappa shape index (κ3) is 4.31. The molecule has 0 aromatic heterocycles. The van der Waals surface area contributed by atoms with Crippen LogP contribution in [0.5, 0.6) is 0 Å². The summed E-state index contributed by atoms with van der Waals surface area (Å²) in [6.07, 6.45) is 1.91. The van der Waals surface area contributed by atoms with Crippen LogP contribution in [0.2, 0.25) is 0 Å². The second-order valence-corrected chi connectivity index (χ2v) is 4.60. The molecule has 0 aliphatic heterocycles. The number of halogens is 1. The molecule has 0 aliphatic carbocycles. The summed E-state index contributed by atoms with van der Waals surface area (Å²) in [7, 11) is 0. The maximum Gasteiger partial charge on any atom is 0.126 e. The number of hydrogen-bond donors (Lipinski definition) is 1. The van der Waals surface area contributed by atoms with Crippen LogP contribution < -0.4 is 5.32 Å². The molecule has 90 valence electrons. The van der Waals surface area contributed by atoms with Gasteiger partial charge in [-0.2, -0.15) is 0 Å². The van der Waals surface area contributed by atoms with Gasteiger partial charge in [0.15, 0.2) is 0 Å². The van der Waals surface area contributed by atoms with E-state index in [9.17, 15) is 4.39 Å². The molecule has 0 saturated heterocycles. The minimum Gasteiger partial charge on any atom is -0.315 e. The minimum atomic E-state index is -0.0783. The maximum absolute atomic E-state index is 13.4. The summed E-state index contributed by atoms with van der Waals surface area (Å²) in [6, 6.07) is 7.56. The van der Waals surface area contributed by atoms with Crippen molar-refractivity contribution in [2.24, 2.45) is 5.92 Å². The smallest absolute Gasteiger partial charge is 0.126 e. The second-order valence-electron chi connectivity index (χ2n) is 4.60. The van der Waals surface area contributed by atoms with Gasteiger partial charge in [0, 0.05) is 6.04 Å². The summed E-state index contributed by atoms with van der Waals surface area (Å²) in [4.78, 5) is 0. The quantitative estimate of drug-likeness (QED) is 0.779. The topological polar surface area (TPSA) is 12.0 Å². The number of hydrogen-bond acceptors (Lipinski definition) is 1. The zero-order chi connectivity index (χ0) is 12.0. The first-order valence-electron chi connectivity index (χ1n) is 6.10. The monoisotopic (exact) mass is 223 g/mol. The molecule has 2 heteroatoms. The van der Waals surface area contributed by atoms with Crippen LogP contribution in [0.25, 0.3) is 0 Å². The van der Waals surface area contributed by atoms with E-state index in [4.69, 9.17) is 0 Å². The lowest BCUT2D eigenvalue weighted by Gasteiger charge is -2.18. The SMILES string of the molecule is CCNC(C)CC(C)Cc1ccccc1F. The average Bonchev–Trinajstić information content (AvgIpc) is 2.21. The van der Waals surface area contributed by atoms with Crippen LogP contribution in [0.3, 0.4) is 0 Å². The molecule has 0 fully saturated rings. The van der Waals surface area contributed by atoms with Gasteiger partial charge in [0.1, 0.15) is 5.82 Å². The zero-order valence-electron chi connectivity index (χ0n) is 10.5. The molecule has 1 aromatic carbocycles. The normalized spacial score (nSPS) is 14.8. The summed E-state index contributed by atoms with van der Waals surface area (Å²) in [6.45, 7) is 7.47. The van der Waals surface area contributed by atoms with E-state index in [2.05, 4.69) is 26.1 Å². The summed E-state index contributed by atoms with van der Waals surface area (Å²) in [5.41, 5.74) is 0.832. The van der Waals surface area contributed by atoms with Crippen molar-refractivity contribution in [3.8, 4) is 0 Å². The highest BCUT2D eigenvalue weighted by Crippen LogP contribution is 2.16. The molecule has 0 bridgehead atoms. The molecule has 1 nitrogen and oxygen atoms in total. The number of nitrogens with one attached hydrogen (secondary N) is 1. The van der Waals surface area contributed by atoms with Crippen molar-refractivity contribution < 1.29 is 4.39 Å². The standard InChI is InChI=1S/C14H22FN/c1-4-16-12(3)9-11(2)10-13-7-5-6-8-14(13)15/h5-8,11-12,16H,4,9-10H2,1-3H3. The molecule has 2 unspecified atom stereocenters. The molecule has 0 radical (unpaired) electrons. The van der Waals surface area contributed by atoms with Crippen molar-refractivity contribution in [2.45, 2.75) is 39.7 Å². The third-order valence-electron chi connectivity index (χ3n) is 2.83. The van der Waals surface area contributed by atoms with E-state index in [1.165, 1.54) is 6.07 Å². The predicted octanol–water partition coefficient (Wildman–Crippen LogP) is 3.39.